The summed E-state index contributed by atoms with van der Waals surface area (Å²) < 4.78 is 20.1. The molecule has 0 spiro atoms. The fraction of sp³-hybridized carbons (Fsp3) is 0.217. The van der Waals surface area contributed by atoms with Gasteiger partial charge in [-0.1, -0.05) is 6.07 Å². The Labute approximate surface area is 196 Å². The van der Waals surface area contributed by atoms with Crippen molar-refractivity contribution < 1.29 is 9.18 Å². The lowest BCUT2D eigenvalue weighted by molar-refractivity contribution is 0.0950. The van der Waals surface area contributed by atoms with Gasteiger partial charge in [0.25, 0.3) is 5.91 Å². The zero-order valence-corrected chi connectivity index (χ0v) is 19.0. The Morgan fingerprint density at radius 1 is 1.18 bits per heavy atom. The zero-order chi connectivity index (χ0) is 22.5. The van der Waals surface area contributed by atoms with Gasteiger partial charge < -0.3 is 14.1 Å². The number of nitrogens with zero attached hydrogens (tertiary/aromatic N) is 6. The van der Waals surface area contributed by atoms with Crippen molar-refractivity contribution in [3.05, 3.63) is 88.3 Å². The van der Waals surface area contributed by atoms with Gasteiger partial charge in [-0.15, -0.1) is 0 Å². The second-order valence-electron chi connectivity index (χ2n) is 8.27. The van der Waals surface area contributed by atoms with Crippen molar-refractivity contribution in [3.63, 3.8) is 0 Å². The molecule has 5 aromatic rings. The van der Waals surface area contributed by atoms with E-state index in [0.29, 0.717) is 33.7 Å². The number of hydrogen-bond acceptors (Lipinski definition) is 4. The molecule has 0 radical (unpaired) electrons. The van der Waals surface area contributed by atoms with Crippen LogP contribution in [0.25, 0.3) is 11.2 Å². The van der Waals surface area contributed by atoms with Crippen LogP contribution < -0.4 is 5.32 Å². The molecule has 5 heterocycles. The van der Waals surface area contributed by atoms with E-state index in [-0.39, 0.29) is 12.5 Å². The lowest BCUT2D eigenvalue weighted by Gasteiger charge is -2.04. The van der Waals surface area contributed by atoms with Gasteiger partial charge in [0.2, 0.25) is 0 Å². The van der Waals surface area contributed by atoms with E-state index in [4.69, 9.17) is 0 Å². The minimum atomic E-state index is -0.413. The number of rotatable bonds is 6. The van der Waals surface area contributed by atoms with Crippen LogP contribution in [0.4, 0.5) is 4.39 Å². The maximum atomic E-state index is 14.4. The van der Waals surface area contributed by atoms with Crippen molar-refractivity contribution in [2.75, 3.05) is 0 Å². The van der Waals surface area contributed by atoms with Crippen LogP contribution in [0.15, 0.2) is 60.0 Å². The third kappa shape index (κ3) is 3.80. The monoisotopic (exact) mass is 507 g/mol. The highest BCUT2D eigenvalue weighted by Crippen LogP contribution is 2.39. The first-order chi connectivity index (χ1) is 16.0. The number of fused-ring (bicyclic) bond motifs is 2. The van der Waals surface area contributed by atoms with Gasteiger partial charge in [0.1, 0.15) is 11.2 Å². The molecule has 1 fully saturated rings. The lowest BCUT2D eigenvalue weighted by Crippen LogP contribution is -2.22. The van der Waals surface area contributed by atoms with Gasteiger partial charge in [0, 0.05) is 24.8 Å². The first kappa shape index (κ1) is 20.1. The van der Waals surface area contributed by atoms with Gasteiger partial charge in [0.15, 0.2) is 5.82 Å². The minimum absolute atomic E-state index is 0.101. The number of imidazole rings is 2. The highest BCUT2D eigenvalue weighted by Gasteiger charge is 2.23. The molecule has 1 N–H and O–H groups in total. The van der Waals surface area contributed by atoms with Gasteiger partial charge in [0.05, 0.1) is 47.0 Å². The average Bonchev–Trinajstić information content (AvgIpc) is 3.23. The Kier molecular flexibility index (Phi) is 4.75. The number of aromatic nitrogens is 6. The fourth-order valence-corrected chi connectivity index (χ4v) is 4.32. The Balaban J connectivity index is 1.14. The molecular formula is C23H19BrFN7O. The van der Waals surface area contributed by atoms with Crippen molar-refractivity contribution in [3.8, 4) is 0 Å². The summed E-state index contributed by atoms with van der Waals surface area (Å²) in [5, 5.41) is 7.09. The molecule has 10 heteroatoms. The van der Waals surface area contributed by atoms with E-state index in [1.165, 1.54) is 30.9 Å². The molecule has 1 aliphatic rings. The van der Waals surface area contributed by atoms with E-state index in [1.54, 1.807) is 27.5 Å². The largest absolute Gasteiger partial charge is 0.346 e. The number of pyridine rings is 2. The number of halogens is 2. The smallest absolute Gasteiger partial charge is 0.254 e. The molecule has 0 atom stereocenters. The first-order valence-electron chi connectivity index (χ1n) is 10.6. The molecule has 0 bridgehead atoms. The standard InChI is InChI=1S/C23H19BrFN7O/c24-18-5-6-30-13-27-19(22(30)21(18)25)8-26-23(33)16-7-28-32(10-16)12-17-11-31-9-15(14-1-2-14)3-4-20(31)29-17/h3-7,9-11,13-14H,1-2,8,12H2,(H,26,33). The van der Waals surface area contributed by atoms with Crippen LogP contribution in [0, 0.1) is 5.82 Å². The molecule has 1 saturated carbocycles. The van der Waals surface area contributed by atoms with E-state index < -0.39 is 5.82 Å². The SMILES string of the molecule is O=C(NCc1ncn2ccc(Br)c(F)c12)c1cnn(Cc2cn3cc(C4CC4)ccc3n2)c1. The van der Waals surface area contributed by atoms with Gasteiger partial charge in [-0.05, 0) is 52.4 Å². The van der Waals surface area contributed by atoms with E-state index >= 15 is 0 Å². The number of carbonyl (C=O) groups is 1. The lowest BCUT2D eigenvalue weighted by atomic mass is 10.2. The van der Waals surface area contributed by atoms with Crippen molar-refractivity contribution >= 4 is 33.0 Å². The summed E-state index contributed by atoms with van der Waals surface area (Å²) in [6.45, 7) is 0.558. The Morgan fingerprint density at radius 3 is 2.91 bits per heavy atom. The molecule has 0 unspecified atom stereocenters. The quantitative estimate of drug-likeness (QED) is 0.377. The second kappa shape index (κ2) is 7.80. The third-order valence-electron chi connectivity index (χ3n) is 5.88. The molecule has 8 nitrogen and oxygen atoms in total. The van der Waals surface area contributed by atoms with Gasteiger partial charge in [-0.2, -0.15) is 5.10 Å². The van der Waals surface area contributed by atoms with Crippen LogP contribution in [-0.4, -0.2) is 34.5 Å². The molecule has 6 rings (SSSR count). The summed E-state index contributed by atoms with van der Waals surface area (Å²) in [4.78, 5) is 21.5. The maximum Gasteiger partial charge on any atom is 0.254 e. The summed E-state index contributed by atoms with van der Waals surface area (Å²) in [5.74, 6) is -0.0312. The molecule has 0 aliphatic heterocycles. The van der Waals surface area contributed by atoms with E-state index in [0.717, 1.165) is 11.3 Å². The summed E-state index contributed by atoms with van der Waals surface area (Å²) in [6, 6.07) is 5.80. The van der Waals surface area contributed by atoms with Crippen LogP contribution in [0.5, 0.6) is 0 Å². The van der Waals surface area contributed by atoms with E-state index in [1.807, 2.05) is 16.7 Å². The van der Waals surface area contributed by atoms with Gasteiger partial charge in [-0.25, -0.2) is 14.4 Å². The predicted molar refractivity (Wildman–Crippen MR) is 123 cm³/mol. The van der Waals surface area contributed by atoms with E-state index in [2.05, 4.69) is 48.6 Å². The molecule has 0 aromatic carbocycles. The summed E-state index contributed by atoms with van der Waals surface area (Å²) in [6.07, 6.45) is 13.1. The second-order valence-corrected chi connectivity index (χ2v) is 9.12. The normalized spacial score (nSPS) is 13.8. The topological polar surface area (TPSA) is 81.5 Å². The third-order valence-corrected chi connectivity index (χ3v) is 6.49. The van der Waals surface area contributed by atoms with Crippen molar-refractivity contribution in [1.82, 2.24) is 33.9 Å². The number of amides is 1. The van der Waals surface area contributed by atoms with Crippen molar-refractivity contribution in [2.24, 2.45) is 0 Å². The summed E-state index contributed by atoms with van der Waals surface area (Å²) in [5.41, 5.74) is 4.30. The first-order valence-corrected chi connectivity index (χ1v) is 11.4. The molecule has 1 aliphatic carbocycles. The van der Waals surface area contributed by atoms with Crippen LogP contribution in [0.2, 0.25) is 0 Å². The molecule has 1 amide bonds. The Hall–Kier alpha value is -3.53. The maximum absolute atomic E-state index is 14.4. The molecule has 0 saturated heterocycles. The van der Waals surface area contributed by atoms with Gasteiger partial charge >= 0.3 is 0 Å². The molecule has 33 heavy (non-hydrogen) atoms. The highest BCUT2D eigenvalue weighted by atomic mass is 79.9. The van der Waals surface area contributed by atoms with E-state index in [9.17, 15) is 9.18 Å². The summed E-state index contributed by atoms with van der Waals surface area (Å²) >= 11 is 3.18. The predicted octanol–water partition coefficient (Wildman–Crippen LogP) is 3.94. The van der Waals surface area contributed by atoms with Crippen LogP contribution in [0.3, 0.4) is 0 Å². The molecule has 5 aromatic heterocycles. The molecular weight excluding hydrogens is 489 g/mol. The Bertz CT molecular complexity index is 1510. The summed E-state index contributed by atoms with van der Waals surface area (Å²) in [7, 11) is 0. The highest BCUT2D eigenvalue weighted by molar-refractivity contribution is 9.10. The van der Waals surface area contributed by atoms with Crippen LogP contribution in [-0.2, 0) is 13.1 Å². The average molecular weight is 508 g/mol. The van der Waals surface area contributed by atoms with Crippen LogP contribution in [0.1, 0.15) is 46.1 Å². The molecule has 166 valence electrons. The minimum Gasteiger partial charge on any atom is -0.346 e. The zero-order valence-electron chi connectivity index (χ0n) is 17.4. The van der Waals surface area contributed by atoms with Gasteiger partial charge in [-0.3, -0.25) is 9.48 Å². The number of nitrogens with one attached hydrogen (secondary N) is 1. The van der Waals surface area contributed by atoms with Crippen molar-refractivity contribution in [2.45, 2.75) is 31.8 Å². The number of hydrogen-bond donors (Lipinski definition) is 1. The van der Waals surface area contributed by atoms with Crippen molar-refractivity contribution in [1.29, 1.82) is 0 Å². The number of carbonyl (C=O) groups excluding carboxylic acids is 1. The van der Waals surface area contributed by atoms with Crippen LogP contribution >= 0.6 is 15.9 Å². The fourth-order valence-electron chi connectivity index (χ4n) is 4.01. The Morgan fingerprint density at radius 2 is 2.06 bits per heavy atom.